The van der Waals surface area contributed by atoms with Gasteiger partial charge in [0, 0.05) is 6.42 Å². The molecule has 0 aliphatic rings. The topological polar surface area (TPSA) is 35.5 Å². The van der Waals surface area contributed by atoms with Crippen LogP contribution in [0.25, 0.3) is 0 Å². The van der Waals surface area contributed by atoms with Crippen LogP contribution < -0.4 is 0 Å². The van der Waals surface area contributed by atoms with Gasteiger partial charge < -0.3 is 9.05 Å². The lowest BCUT2D eigenvalue weighted by Crippen LogP contribution is -2.03. The van der Waals surface area contributed by atoms with E-state index in [1.54, 1.807) is 0 Å². The molecule has 0 fully saturated rings. The molecule has 0 aliphatic heterocycles. The van der Waals surface area contributed by atoms with Gasteiger partial charge in [-0.3, -0.25) is 4.57 Å². The molecule has 0 radical (unpaired) electrons. The van der Waals surface area contributed by atoms with Crippen molar-refractivity contribution in [2.75, 3.05) is 6.61 Å². The quantitative estimate of drug-likeness (QED) is 0.359. The lowest BCUT2D eigenvalue weighted by Gasteiger charge is -2.09. The molecule has 0 aliphatic carbocycles. The van der Waals surface area contributed by atoms with E-state index in [-0.39, 0.29) is 6.61 Å². The van der Waals surface area contributed by atoms with E-state index in [0.717, 1.165) is 0 Å². The second kappa shape index (κ2) is 7.82. The van der Waals surface area contributed by atoms with Crippen LogP contribution in [0.2, 0.25) is 0 Å². The first-order valence-electron chi connectivity index (χ1n) is 3.75. The molecule has 0 aromatic rings. The van der Waals surface area contributed by atoms with Crippen molar-refractivity contribution < 1.29 is 13.6 Å². The van der Waals surface area contributed by atoms with Crippen LogP contribution in [0.1, 0.15) is 6.42 Å². The summed E-state index contributed by atoms with van der Waals surface area (Å²) in [7, 11) is -2.47. The highest BCUT2D eigenvalue weighted by molar-refractivity contribution is 7.33. The molecule has 0 saturated heterocycles. The van der Waals surface area contributed by atoms with Crippen LogP contribution in [-0.2, 0) is 13.6 Å². The average Bonchev–Trinajstić information content (AvgIpc) is 2.14. The minimum atomic E-state index is -2.47. The second-order valence-electron chi connectivity index (χ2n) is 2.15. The highest BCUT2D eigenvalue weighted by atomic mass is 31.1. The highest BCUT2D eigenvalue weighted by Gasteiger charge is 2.07. The summed E-state index contributed by atoms with van der Waals surface area (Å²) in [5, 5.41) is 0. The van der Waals surface area contributed by atoms with Gasteiger partial charge in [0.15, 0.2) is 0 Å². The Hall–Kier alpha value is -0.810. The van der Waals surface area contributed by atoms with Gasteiger partial charge in [-0.25, -0.2) is 0 Å². The molecule has 0 saturated carbocycles. The maximum absolute atomic E-state index is 11.0. The molecule has 72 valence electrons. The zero-order valence-corrected chi connectivity index (χ0v) is 8.36. The predicted molar refractivity (Wildman–Crippen MR) is 53.7 cm³/mol. The van der Waals surface area contributed by atoms with Crippen molar-refractivity contribution in [1.82, 2.24) is 0 Å². The van der Waals surface area contributed by atoms with Crippen LogP contribution >= 0.6 is 8.25 Å². The summed E-state index contributed by atoms with van der Waals surface area (Å²) in [4.78, 5) is 0. The standard InChI is InChI=1S/C9H13O3P/c1-4-7-9(6-3)12-13(10)11-8-5-2/h1,5-6,9,13H,2-3,7-8H2. The lowest BCUT2D eigenvalue weighted by molar-refractivity contribution is 0.206. The number of hydrogen-bond donors (Lipinski definition) is 0. The fraction of sp³-hybridized carbons (Fsp3) is 0.333. The second-order valence-corrected chi connectivity index (χ2v) is 3.17. The summed E-state index contributed by atoms with van der Waals surface area (Å²) in [6.45, 7) is 7.11. The van der Waals surface area contributed by atoms with Crippen LogP contribution in [0.3, 0.4) is 0 Å². The van der Waals surface area contributed by atoms with E-state index >= 15 is 0 Å². The smallest absolute Gasteiger partial charge is 0.306 e. The van der Waals surface area contributed by atoms with Crippen molar-refractivity contribution in [3.63, 3.8) is 0 Å². The van der Waals surface area contributed by atoms with Gasteiger partial charge in [0.1, 0.15) is 0 Å². The predicted octanol–water partition coefficient (Wildman–Crippen LogP) is 2.17. The van der Waals surface area contributed by atoms with Crippen LogP contribution in [-0.4, -0.2) is 12.7 Å². The Kier molecular flexibility index (Phi) is 7.33. The summed E-state index contributed by atoms with van der Waals surface area (Å²) in [6, 6.07) is 0. The summed E-state index contributed by atoms with van der Waals surface area (Å²) in [6.07, 6.45) is 7.99. The molecule has 13 heavy (non-hydrogen) atoms. The number of hydrogen-bond acceptors (Lipinski definition) is 3. The third-order valence-corrected chi connectivity index (χ3v) is 2.05. The molecule has 2 atom stereocenters. The first-order valence-corrected chi connectivity index (χ1v) is 4.97. The van der Waals surface area contributed by atoms with Crippen LogP contribution in [0.4, 0.5) is 0 Å². The average molecular weight is 200 g/mol. The molecule has 0 bridgehead atoms. The third-order valence-electron chi connectivity index (χ3n) is 1.15. The normalized spacial score (nSPS) is 14.1. The van der Waals surface area contributed by atoms with Crippen LogP contribution in [0.15, 0.2) is 25.3 Å². The molecule has 0 aromatic carbocycles. The molecule has 0 amide bonds. The van der Waals surface area contributed by atoms with Crippen molar-refractivity contribution in [2.45, 2.75) is 12.5 Å². The van der Waals surface area contributed by atoms with E-state index in [0.29, 0.717) is 6.42 Å². The van der Waals surface area contributed by atoms with Gasteiger partial charge in [-0.05, 0) is 0 Å². The van der Waals surface area contributed by atoms with E-state index in [2.05, 4.69) is 19.1 Å². The maximum atomic E-state index is 11.0. The van der Waals surface area contributed by atoms with Crippen molar-refractivity contribution in [2.24, 2.45) is 0 Å². The Labute approximate surface area is 79.4 Å². The van der Waals surface area contributed by atoms with E-state index in [4.69, 9.17) is 15.5 Å². The van der Waals surface area contributed by atoms with E-state index in [1.165, 1.54) is 12.2 Å². The molecular weight excluding hydrogens is 187 g/mol. The molecule has 3 nitrogen and oxygen atoms in total. The Bertz CT molecular complexity index is 230. The van der Waals surface area contributed by atoms with Gasteiger partial charge in [0.2, 0.25) is 0 Å². The van der Waals surface area contributed by atoms with Crippen molar-refractivity contribution >= 4 is 8.25 Å². The zero-order chi connectivity index (χ0) is 10.1. The Balaban J connectivity index is 3.80. The van der Waals surface area contributed by atoms with E-state index in [1.807, 2.05) is 0 Å². The molecule has 0 spiro atoms. The number of terminal acetylenes is 1. The van der Waals surface area contributed by atoms with Gasteiger partial charge in [-0.2, -0.15) is 0 Å². The maximum Gasteiger partial charge on any atom is 0.320 e. The zero-order valence-electron chi connectivity index (χ0n) is 7.36. The molecule has 2 unspecified atom stereocenters. The summed E-state index contributed by atoms with van der Waals surface area (Å²) in [5.41, 5.74) is 0. The molecule has 4 heteroatoms. The van der Waals surface area contributed by atoms with Gasteiger partial charge in [0.05, 0.1) is 12.7 Å². The van der Waals surface area contributed by atoms with Crippen molar-refractivity contribution in [1.29, 1.82) is 0 Å². The minimum absolute atomic E-state index is 0.206. The van der Waals surface area contributed by atoms with Gasteiger partial charge in [-0.15, -0.1) is 25.5 Å². The SMILES string of the molecule is C#CCC(C=C)O[PH](=O)OCC=C. The monoisotopic (exact) mass is 200 g/mol. The summed E-state index contributed by atoms with van der Waals surface area (Å²) >= 11 is 0. The summed E-state index contributed by atoms with van der Waals surface area (Å²) < 4.78 is 20.7. The fourth-order valence-corrected chi connectivity index (χ4v) is 1.32. The van der Waals surface area contributed by atoms with E-state index in [9.17, 15) is 4.57 Å². The third kappa shape index (κ3) is 6.36. The first-order chi connectivity index (χ1) is 6.24. The van der Waals surface area contributed by atoms with Crippen LogP contribution in [0, 0.1) is 12.3 Å². The molecule has 0 N–H and O–H groups in total. The largest absolute Gasteiger partial charge is 0.320 e. The summed E-state index contributed by atoms with van der Waals surface area (Å²) in [5.74, 6) is 2.39. The molecular formula is C9H13O3P. The Morgan fingerprint density at radius 2 is 2.31 bits per heavy atom. The van der Waals surface area contributed by atoms with Crippen molar-refractivity contribution in [3.8, 4) is 12.3 Å². The first kappa shape index (κ1) is 12.2. The molecule has 0 heterocycles. The van der Waals surface area contributed by atoms with Gasteiger partial charge in [0.25, 0.3) is 0 Å². The Morgan fingerprint density at radius 1 is 1.62 bits per heavy atom. The van der Waals surface area contributed by atoms with Crippen LogP contribution in [0.5, 0.6) is 0 Å². The Morgan fingerprint density at radius 3 is 2.77 bits per heavy atom. The van der Waals surface area contributed by atoms with E-state index < -0.39 is 14.4 Å². The molecule has 0 aromatic heterocycles. The van der Waals surface area contributed by atoms with Crippen molar-refractivity contribution in [3.05, 3.63) is 25.3 Å². The number of rotatable bonds is 7. The van der Waals surface area contributed by atoms with Gasteiger partial charge in [-0.1, -0.05) is 12.2 Å². The lowest BCUT2D eigenvalue weighted by atomic mass is 10.3. The van der Waals surface area contributed by atoms with Gasteiger partial charge >= 0.3 is 8.25 Å². The highest BCUT2D eigenvalue weighted by Crippen LogP contribution is 2.27. The fourth-order valence-electron chi connectivity index (χ4n) is 0.574. The molecule has 0 rings (SSSR count). The minimum Gasteiger partial charge on any atom is -0.306 e.